The maximum absolute atomic E-state index is 12.0. The van der Waals surface area contributed by atoms with Gasteiger partial charge in [0.05, 0.1) is 29.8 Å². The Morgan fingerprint density at radius 3 is 2.45 bits per heavy atom. The average Bonchev–Trinajstić information content (AvgIpc) is 2.41. The number of halogens is 1. The largest absolute Gasteiger partial charge is 0.266 e. The molecule has 1 aromatic carbocycles. The van der Waals surface area contributed by atoms with E-state index < -0.39 is 10.0 Å². The Hall–Kier alpha value is -1.98. The predicted octanol–water partition coefficient (Wildman–Crippen LogP) is 2.05. The molecular formula is C12H9BrN4O2S. The molecule has 0 saturated heterocycles. The third-order valence-electron chi connectivity index (χ3n) is 2.32. The second-order valence-electron chi connectivity index (χ2n) is 3.89. The fourth-order valence-electron chi connectivity index (χ4n) is 1.46. The van der Waals surface area contributed by atoms with Gasteiger partial charge >= 0.3 is 0 Å². The Labute approximate surface area is 124 Å². The SMILES string of the molecule is N#Cc1ccc(CS(=O)(=O)Nc2cnc(Br)cn2)cc1. The van der Waals surface area contributed by atoms with E-state index in [0.29, 0.717) is 15.7 Å². The van der Waals surface area contributed by atoms with E-state index in [9.17, 15) is 8.42 Å². The number of hydrogen-bond acceptors (Lipinski definition) is 5. The monoisotopic (exact) mass is 352 g/mol. The van der Waals surface area contributed by atoms with Gasteiger partial charge in [-0.05, 0) is 33.6 Å². The van der Waals surface area contributed by atoms with E-state index in [2.05, 4.69) is 30.6 Å². The molecule has 0 aliphatic heterocycles. The quantitative estimate of drug-likeness (QED) is 0.908. The Kier molecular flexibility index (Phi) is 4.32. The molecule has 2 rings (SSSR count). The normalized spacial score (nSPS) is 10.8. The van der Waals surface area contributed by atoms with Gasteiger partial charge in [-0.3, -0.25) is 4.72 Å². The van der Waals surface area contributed by atoms with Gasteiger partial charge in [0.2, 0.25) is 10.0 Å². The third-order valence-corrected chi connectivity index (χ3v) is 3.96. The molecule has 2 aromatic rings. The Balaban J connectivity index is 2.10. The smallest absolute Gasteiger partial charge is 0.238 e. The van der Waals surface area contributed by atoms with Crippen molar-refractivity contribution in [2.24, 2.45) is 0 Å². The molecule has 6 nitrogen and oxygen atoms in total. The summed E-state index contributed by atoms with van der Waals surface area (Å²) in [6.45, 7) is 0. The van der Waals surface area contributed by atoms with E-state index in [-0.39, 0.29) is 11.6 Å². The molecule has 0 radical (unpaired) electrons. The minimum Gasteiger partial charge on any atom is -0.266 e. The zero-order chi connectivity index (χ0) is 14.6. The van der Waals surface area contributed by atoms with Gasteiger partial charge in [0, 0.05) is 0 Å². The van der Waals surface area contributed by atoms with Gasteiger partial charge in [-0.15, -0.1) is 0 Å². The highest BCUT2D eigenvalue weighted by atomic mass is 79.9. The molecule has 1 heterocycles. The van der Waals surface area contributed by atoms with Crippen molar-refractivity contribution in [1.82, 2.24) is 9.97 Å². The molecule has 0 bridgehead atoms. The lowest BCUT2D eigenvalue weighted by molar-refractivity contribution is 0.600. The van der Waals surface area contributed by atoms with Crippen molar-refractivity contribution in [1.29, 1.82) is 5.26 Å². The lowest BCUT2D eigenvalue weighted by Gasteiger charge is -2.07. The first-order valence-corrected chi connectivity index (χ1v) is 7.90. The third kappa shape index (κ3) is 4.01. The lowest BCUT2D eigenvalue weighted by Crippen LogP contribution is -2.16. The van der Waals surface area contributed by atoms with E-state index in [4.69, 9.17) is 5.26 Å². The number of aromatic nitrogens is 2. The molecule has 0 spiro atoms. The van der Waals surface area contributed by atoms with Crippen LogP contribution in [0.25, 0.3) is 0 Å². The lowest BCUT2D eigenvalue weighted by atomic mass is 10.2. The van der Waals surface area contributed by atoms with E-state index >= 15 is 0 Å². The summed E-state index contributed by atoms with van der Waals surface area (Å²) in [5.41, 5.74) is 1.07. The Morgan fingerprint density at radius 1 is 1.20 bits per heavy atom. The van der Waals surface area contributed by atoms with Gasteiger partial charge in [0.25, 0.3) is 0 Å². The topological polar surface area (TPSA) is 95.7 Å². The van der Waals surface area contributed by atoms with Gasteiger partial charge in [0.1, 0.15) is 4.60 Å². The van der Waals surface area contributed by atoms with Crippen LogP contribution in [0.15, 0.2) is 41.3 Å². The van der Waals surface area contributed by atoms with Crippen molar-refractivity contribution in [3.8, 4) is 6.07 Å². The van der Waals surface area contributed by atoms with Gasteiger partial charge in [-0.1, -0.05) is 12.1 Å². The fraction of sp³-hybridized carbons (Fsp3) is 0.0833. The number of nitriles is 1. The van der Waals surface area contributed by atoms with Crippen LogP contribution in [0.1, 0.15) is 11.1 Å². The molecule has 0 amide bonds. The summed E-state index contributed by atoms with van der Waals surface area (Å²) >= 11 is 3.12. The molecule has 0 aliphatic rings. The molecule has 0 unspecified atom stereocenters. The molecule has 8 heteroatoms. The molecule has 0 saturated carbocycles. The van der Waals surface area contributed by atoms with Crippen LogP contribution in [-0.4, -0.2) is 18.4 Å². The number of nitrogens with one attached hydrogen (secondary N) is 1. The Bertz CT molecular complexity index is 737. The average molecular weight is 353 g/mol. The highest BCUT2D eigenvalue weighted by molar-refractivity contribution is 9.10. The van der Waals surface area contributed by atoms with Crippen LogP contribution in [0.5, 0.6) is 0 Å². The summed E-state index contributed by atoms with van der Waals surface area (Å²) in [5, 5.41) is 8.68. The molecule has 0 aliphatic carbocycles. The van der Waals surface area contributed by atoms with Crippen LogP contribution < -0.4 is 4.72 Å². The summed E-state index contributed by atoms with van der Waals surface area (Å²) < 4.78 is 26.8. The number of rotatable bonds is 4. The summed E-state index contributed by atoms with van der Waals surface area (Å²) in [6, 6.07) is 8.33. The highest BCUT2D eigenvalue weighted by Crippen LogP contribution is 2.12. The number of sulfonamides is 1. The van der Waals surface area contributed by atoms with Crippen molar-refractivity contribution >= 4 is 31.8 Å². The van der Waals surface area contributed by atoms with Gasteiger partial charge < -0.3 is 0 Å². The Morgan fingerprint density at radius 2 is 1.90 bits per heavy atom. The number of nitrogens with zero attached hydrogens (tertiary/aromatic N) is 3. The van der Waals surface area contributed by atoms with Crippen LogP contribution in [-0.2, 0) is 15.8 Å². The minimum atomic E-state index is -3.57. The van der Waals surface area contributed by atoms with Gasteiger partial charge in [0.15, 0.2) is 5.82 Å². The van der Waals surface area contributed by atoms with E-state index in [1.54, 1.807) is 24.3 Å². The maximum Gasteiger partial charge on any atom is 0.238 e. The van der Waals surface area contributed by atoms with E-state index in [0.717, 1.165) is 0 Å². The van der Waals surface area contributed by atoms with Gasteiger partial charge in [-0.25, -0.2) is 18.4 Å². The summed E-state index contributed by atoms with van der Waals surface area (Å²) in [5.74, 6) is -0.0435. The van der Waals surface area contributed by atoms with Crippen molar-refractivity contribution in [3.05, 3.63) is 52.4 Å². The molecular weight excluding hydrogens is 344 g/mol. The number of benzene rings is 1. The second kappa shape index (κ2) is 5.98. The van der Waals surface area contributed by atoms with Crippen LogP contribution in [0.2, 0.25) is 0 Å². The van der Waals surface area contributed by atoms with E-state index in [1.807, 2.05) is 6.07 Å². The van der Waals surface area contributed by atoms with Crippen molar-refractivity contribution in [2.45, 2.75) is 5.75 Å². The zero-order valence-electron chi connectivity index (χ0n) is 10.1. The molecule has 0 atom stereocenters. The molecule has 0 fully saturated rings. The van der Waals surface area contributed by atoms with Crippen LogP contribution >= 0.6 is 15.9 Å². The van der Waals surface area contributed by atoms with Crippen LogP contribution in [0, 0.1) is 11.3 Å². The van der Waals surface area contributed by atoms with E-state index in [1.165, 1.54) is 12.4 Å². The highest BCUT2D eigenvalue weighted by Gasteiger charge is 2.12. The summed E-state index contributed by atoms with van der Waals surface area (Å²) in [4.78, 5) is 7.77. The predicted molar refractivity (Wildman–Crippen MR) is 77.1 cm³/mol. The second-order valence-corrected chi connectivity index (χ2v) is 6.43. The van der Waals surface area contributed by atoms with Crippen molar-refractivity contribution in [3.63, 3.8) is 0 Å². The number of anilines is 1. The van der Waals surface area contributed by atoms with Crippen LogP contribution in [0.4, 0.5) is 5.82 Å². The minimum absolute atomic E-state index is 0.154. The zero-order valence-corrected chi connectivity index (χ0v) is 12.5. The van der Waals surface area contributed by atoms with Crippen molar-refractivity contribution < 1.29 is 8.42 Å². The summed E-state index contributed by atoms with van der Waals surface area (Å²) in [6.07, 6.45) is 2.72. The van der Waals surface area contributed by atoms with Crippen LogP contribution in [0.3, 0.4) is 0 Å². The molecule has 20 heavy (non-hydrogen) atoms. The standard InChI is InChI=1S/C12H9BrN4O2S/c13-11-6-16-12(7-15-11)17-20(18,19)8-10-3-1-9(5-14)2-4-10/h1-4,6-7H,8H2,(H,16,17). The maximum atomic E-state index is 12.0. The van der Waals surface area contributed by atoms with Gasteiger partial charge in [-0.2, -0.15) is 5.26 Å². The molecule has 1 N–H and O–H groups in total. The number of hydrogen-bond donors (Lipinski definition) is 1. The fourth-order valence-corrected chi connectivity index (χ4v) is 2.79. The van der Waals surface area contributed by atoms with Crippen molar-refractivity contribution in [2.75, 3.05) is 4.72 Å². The first-order valence-electron chi connectivity index (χ1n) is 5.45. The molecule has 1 aromatic heterocycles. The molecule has 102 valence electrons. The first-order chi connectivity index (χ1) is 9.48. The first kappa shape index (κ1) is 14.4. The summed E-state index contributed by atoms with van der Waals surface area (Å²) in [7, 11) is -3.57.